The smallest absolute Gasteiger partial charge is 0.0360 e. The molecule has 1 unspecified atom stereocenters. The second-order valence-electron chi connectivity index (χ2n) is 5.75. The van der Waals surface area contributed by atoms with Gasteiger partial charge in [-0.15, -0.1) is 0 Å². The van der Waals surface area contributed by atoms with E-state index in [0.29, 0.717) is 5.54 Å². The predicted octanol–water partition coefficient (Wildman–Crippen LogP) is 1.53. The fraction of sp³-hybridized carbons (Fsp3) is 1.00. The summed E-state index contributed by atoms with van der Waals surface area (Å²) in [6, 6.07) is 0. The SMILES string of the molecule is CCCC(CN)(C1CC1)N1CCN(CC)CC1. The highest BCUT2D eigenvalue weighted by atomic mass is 15.3. The summed E-state index contributed by atoms with van der Waals surface area (Å²) in [5, 5.41) is 0. The van der Waals surface area contributed by atoms with Crippen LogP contribution in [0.1, 0.15) is 39.5 Å². The Kier molecular flexibility index (Phi) is 4.45. The van der Waals surface area contributed by atoms with Crippen LogP contribution in [0.4, 0.5) is 0 Å². The molecule has 100 valence electrons. The number of hydrogen-bond donors (Lipinski definition) is 1. The van der Waals surface area contributed by atoms with Crippen molar-refractivity contribution in [1.82, 2.24) is 9.80 Å². The first kappa shape index (κ1) is 13.3. The van der Waals surface area contributed by atoms with Crippen LogP contribution in [0, 0.1) is 5.92 Å². The molecular weight excluding hydrogens is 210 g/mol. The summed E-state index contributed by atoms with van der Waals surface area (Å²) in [5.41, 5.74) is 6.52. The van der Waals surface area contributed by atoms with E-state index in [-0.39, 0.29) is 0 Å². The molecule has 0 aromatic heterocycles. The number of rotatable bonds is 6. The molecule has 2 fully saturated rings. The van der Waals surface area contributed by atoms with E-state index in [1.807, 2.05) is 0 Å². The van der Waals surface area contributed by atoms with Crippen molar-refractivity contribution in [3.8, 4) is 0 Å². The quantitative estimate of drug-likeness (QED) is 0.763. The number of nitrogens with two attached hydrogens (primary N) is 1. The summed E-state index contributed by atoms with van der Waals surface area (Å²) in [6.07, 6.45) is 5.37. The van der Waals surface area contributed by atoms with E-state index in [0.717, 1.165) is 12.5 Å². The third-order valence-electron chi connectivity index (χ3n) is 4.82. The lowest BCUT2D eigenvalue weighted by atomic mass is 9.85. The van der Waals surface area contributed by atoms with Gasteiger partial charge < -0.3 is 10.6 Å². The predicted molar refractivity (Wildman–Crippen MR) is 73.1 cm³/mol. The van der Waals surface area contributed by atoms with E-state index < -0.39 is 0 Å². The van der Waals surface area contributed by atoms with Crippen molar-refractivity contribution in [2.24, 2.45) is 11.7 Å². The summed E-state index contributed by atoms with van der Waals surface area (Å²) in [6.45, 7) is 11.5. The number of hydrogen-bond acceptors (Lipinski definition) is 3. The van der Waals surface area contributed by atoms with Crippen molar-refractivity contribution < 1.29 is 0 Å². The zero-order valence-electron chi connectivity index (χ0n) is 11.6. The largest absolute Gasteiger partial charge is 0.329 e. The van der Waals surface area contributed by atoms with Gasteiger partial charge in [0, 0.05) is 38.3 Å². The van der Waals surface area contributed by atoms with Gasteiger partial charge in [0.2, 0.25) is 0 Å². The average Bonchev–Trinajstić information content (AvgIpc) is 3.21. The Bertz CT molecular complexity index is 232. The molecule has 0 radical (unpaired) electrons. The molecule has 1 aliphatic carbocycles. The maximum atomic E-state index is 6.18. The molecular formula is C14H29N3. The third-order valence-corrected chi connectivity index (χ3v) is 4.82. The summed E-state index contributed by atoms with van der Waals surface area (Å²) in [4.78, 5) is 5.27. The molecule has 2 aliphatic rings. The fourth-order valence-electron chi connectivity index (χ4n) is 3.58. The standard InChI is InChI=1S/C14H29N3/c1-3-7-14(12-15,13-5-6-13)17-10-8-16(4-2)9-11-17/h13H,3-12,15H2,1-2H3. The number of nitrogens with zero attached hydrogens (tertiary/aromatic N) is 2. The van der Waals surface area contributed by atoms with Gasteiger partial charge in [0.25, 0.3) is 0 Å². The number of piperazine rings is 1. The lowest BCUT2D eigenvalue weighted by Crippen LogP contribution is -2.61. The summed E-state index contributed by atoms with van der Waals surface area (Å²) in [7, 11) is 0. The second kappa shape index (κ2) is 5.68. The van der Waals surface area contributed by atoms with Crippen LogP contribution in [0.3, 0.4) is 0 Å². The van der Waals surface area contributed by atoms with Crippen molar-refractivity contribution >= 4 is 0 Å². The normalized spacial score (nSPS) is 27.0. The van der Waals surface area contributed by atoms with Gasteiger partial charge in [0.1, 0.15) is 0 Å². The van der Waals surface area contributed by atoms with E-state index >= 15 is 0 Å². The van der Waals surface area contributed by atoms with Crippen molar-refractivity contribution in [1.29, 1.82) is 0 Å². The van der Waals surface area contributed by atoms with Gasteiger partial charge in [-0.2, -0.15) is 0 Å². The maximum absolute atomic E-state index is 6.18. The summed E-state index contributed by atoms with van der Waals surface area (Å²) in [5.74, 6) is 0.889. The summed E-state index contributed by atoms with van der Waals surface area (Å²) < 4.78 is 0. The van der Waals surface area contributed by atoms with E-state index in [2.05, 4.69) is 23.6 Å². The molecule has 1 saturated heterocycles. The minimum atomic E-state index is 0.342. The first-order valence-corrected chi connectivity index (χ1v) is 7.44. The van der Waals surface area contributed by atoms with Crippen molar-refractivity contribution in [3.63, 3.8) is 0 Å². The van der Waals surface area contributed by atoms with Gasteiger partial charge in [-0.1, -0.05) is 20.3 Å². The first-order chi connectivity index (χ1) is 8.26. The molecule has 0 amide bonds. The third kappa shape index (κ3) is 2.67. The lowest BCUT2D eigenvalue weighted by molar-refractivity contribution is 0.0173. The lowest BCUT2D eigenvalue weighted by Gasteiger charge is -2.48. The Morgan fingerprint density at radius 2 is 1.76 bits per heavy atom. The van der Waals surface area contributed by atoms with Crippen molar-refractivity contribution in [2.75, 3.05) is 39.3 Å². The van der Waals surface area contributed by atoms with Crippen LogP contribution in [0.2, 0.25) is 0 Å². The zero-order valence-corrected chi connectivity index (χ0v) is 11.6. The van der Waals surface area contributed by atoms with Crippen LogP contribution in [0.15, 0.2) is 0 Å². The Morgan fingerprint density at radius 1 is 1.12 bits per heavy atom. The first-order valence-electron chi connectivity index (χ1n) is 7.44. The molecule has 0 bridgehead atoms. The van der Waals surface area contributed by atoms with E-state index in [1.54, 1.807) is 0 Å². The molecule has 3 heteroatoms. The van der Waals surface area contributed by atoms with E-state index in [1.165, 1.54) is 58.4 Å². The monoisotopic (exact) mass is 239 g/mol. The molecule has 3 nitrogen and oxygen atoms in total. The van der Waals surface area contributed by atoms with Gasteiger partial charge in [-0.25, -0.2) is 0 Å². The Labute approximate surface area is 106 Å². The van der Waals surface area contributed by atoms with Gasteiger partial charge >= 0.3 is 0 Å². The van der Waals surface area contributed by atoms with Crippen LogP contribution >= 0.6 is 0 Å². The van der Waals surface area contributed by atoms with Crippen LogP contribution in [0.5, 0.6) is 0 Å². The minimum Gasteiger partial charge on any atom is -0.329 e. The van der Waals surface area contributed by atoms with Crippen LogP contribution in [0.25, 0.3) is 0 Å². The summed E-state index contributed by atoms with van der Waals surface area (Å²) >= 11 is 0. The Balaban J connectivity index is 2.00. The second-order valence-corrected chi connectivity index (χ2v) is 5.75. The van der Waals surface area contributed by atoms with Gasteiger partial charge in [-0.05, 0) is 31.7 Å². The Hall–Kier alpha value is -0.120. The highest BCUT2D eigenvalue weighted by molar-refractivity contribution is 5.04. The molecule has 17 heavy (non-hydrogen) atoms. The Morgan fingerprint density at radius 3 is 2.18 bits per heavy atom. The minimum absolute atomic E-state index is 0.342. The molecule has 0 spiro atoms. The molecule has 2 N–H and O–H groups in total. The molecule has 0 aromatic carbocycles. The van der Waals surface area contributed by atoms with E-state index in [9.17, 15) is 0 Å². The van der Waals surface area contributed by atoms with Gasteiger partial charge in [0.05, 0.1) is 0 Å². The molecule has 1 aliphatic heterocycles. The fourth-order valence-corrected chi connectivity index (χ4v) is 3.58. The highest BCUT2D eigenvalue weighted by Crippen LogP contribution is 2.45. The van der Waals surface area contributed by atoms with Crippen LogP contribution in [-0.2, 0) is 0 Å². The highest BCUT2D eigenvalue weighted by Gasteiger charge is 2.47. The molecule has 1 saturated carbocycles. The average molecular weight is 239 g/mol. The van der Waals surface area contributed by atoms with Gasteiger partial charge in [-0.3, -0.25) is 4.90 Å². The molecule has 0 aromatic rings. The van der Waals surface area contributed by atoms with Crippen molar-refractivity contribution in [2.45, 2.75) is 45.1 Å². The topological polar surface area (TPSA) is 32.5 Å². The van der Waals surface area contributed by atoms with Crippen LogP contribution in [-0.4, -0.2) is 54.6 Å². The van der Waals surface area contributed by atoms with Crippen LogP contribution < -0.4 is 5.73 Å². The van der Waals surface area contributed by atoms with Crippen molar-refractivity contribution in [3.05, 3.63) is 0 Å². The number of likely N-dealkylation sites (N-methyl/N-ethyl adjacent to an activating group) is 1. The van der Waals surface area contributed by atoms with Gasteiger partial charge in [0.15, 0.2) is 0 Å². The molecule has 1 heterocycles. The van der Waals surface area contributed by atoms with E-state index in [4.69, 9.17) is 5.73 Å². The zero-order chi connectivity index (χ0) is 12.3. The molecule has 2 rings (SSSR count). The molecule has 1 atom stereocenters. The maximum Gasteiger partial charge on any atom is 0.0360 e.